The minimum absolute atomic E-state index is 0.0365. The summed E-state index contributed by atoms with van der Waals surface area (Å²) in [4.78, 5) is 58.7. The lowest BCUT2D eigenvalue weighted by atomic mass is 9.74. The Morgan fingerprint density at radius 2 is 1.09 bits per heavy atom. The second-order valence-corrected chi connectivity index (χ2v) is 38.2. The van der Waals surface area contributed by atoms with Crippen molar-refractivity contribution in [3.05, 3.63) is 28.8 Å². The van der Waals surface area contributed by atoms with Gasteiger partial charge in [-0.2, -0.15) is 0 Å². The summed E-state index contributed by atoms with van der Waals surface area (Å²) in [5, 5.41) is 178. The number of aliphatic hydroxyl groups is 14. The summed E-state index contributed by atoms with van der Waals surface area (Å²) < 4.78 is 104. The molecule has 1 aliphatic carbocycles. The fourth-order valence-corrected chi connectivity index (χ4v) is 19.8. The van der Waals surface area contributed by atoms with Crippen LogP contribution in [0.3, 0.4) is 0 Å². The van der Waals surface area contributed by atoms with E-state index in [4.69, 9.17) is 80.5 Å². The molecule has 726 valence electrons. The van der Waals surface area contributed by atoms with E-state index in [1.165, 1.54) is 74.8 Å². The number of cyclic esters (lactones) is 1. The maximum Gasteiger partial charge on any atom is 0.311 e. The number of hydrogen-bond acceptors (Lipinski definition) is 38. The first-order chi connectivity index (χ1) is 59.1. The molecule has 8 aliphatic heterocycles. The van der Waals surface area contributed by atoms with Crippen LogP contribution in [0.2, 0.25) is 0 Å². The highest BCUT2D eigenvalue weighted by atomic mass is 16.8. The molecule has 0 aromatic heterocycles. The number of aromatic hydroxyl groups is 2. The maximum atomic E-state index is 15.0. The van der Waals surface area contributed by atoms with Crippen molar-refractivity contribution in [3.8, 4) is 17.2 Å². The molecule has 0 bridgehead atoms. The van der Waals surface area contributed by atoms with E-state index in [-0.39, 0.29) is 103 Å². The molecule has 8 saturated heterocycles. The van der Waals surface area contributed by atoms with Gasteiger partial charge in [-0.25, -0.2) is 0 Å². The van der Waals surface area contributed by atoms with Gasteiger partial charge in [0.15, 0.2) is 49.3 Å². The summed E-state index contributed by atoms with van der Waals surface area (Å²) in [6, 6.07) is 2.71. The number of phenolic OH excluding ortho intramolecular Hbond substituents is 2. The number of likely N-dealkylation sites (N-methyl/N-ethyl adjacent to an activating group) is 1. The van der Waals surface area contributed by atoms with Gasteiger partial charge in [-0.15, -0.1) is 0 Å². The van der Waals surface area contributed by atoms with Gasteiger partial charge in [-0.3, -0.25) is 19.2 Å². The number of aliphatic hydroxyl groups excluding tert-OH is 11. The summed E-state index contributed by atoms with van der Waals surface area (Å²) in [5.74, 6) is -9.05. The van der Waals surface area contributed by atoms with Gasteiger partial charge < -0.3 is 167 Å². The van der Waals surface area contributed by atoms with Crippen molar-refractivity contribution in [2.75, 3.05) is 28.3 Å². The van der Waals surface area contributed by atoms with Crippen LogP contribution in [-0.4, -0.2) is 369 Å². The van der Waals surface area contributed by atoms with E-state index in [0.717, 1.165) is 0 Å². The van der Waals surface area contributed by atoms with Gasteiger partial charge in [-0.1, -0.05) is 27.7 Å². The average molecular weight is 1820 g/mol. The van der Waals surface area contributed by atoms with Crippen molar-refractivity contribution >= 4 is 34.1 Å². The lowest BCUT2D eigenvalue weighted by molar-refractivity contribution is -0.334. The number of Topliss-reactive ketones (excluding diaryl/α,β-unsaturated/α-hetero) is 3. The topological polar surface area (TPSA) is 552 Å². The van der Waals surface area contributed by atoms with Crippen molar-refractivity contribution in [2.24, 2.45) is 29.6 Å². The predicted molar refractivity (Wildman–Crippen MR) is 445 cm³/mol. The fourth-order valence-electron chi connectivity index (χ4n) is 19.8. The number of benzene rings is 2. The molecule has 38 nitrogen and oxygen atoms in total. The SMILES string of the molecule is CC[C@H]1OC(=O)[C@H](C)[C@@H](O[C@H]2C[C@@](C)(OC)[C@@H](O)[C@H](C)O2)[C@H](C)[C@@H](O[C@@H]2O[C@H](C)C[C@H](N(C)C)[C@H]2O)[C@](C)(O)C[C@@H](C)C(=O)[C@H](C)[C@@H](O)[C@]1(C)O.CO[C@H](C(=O)[C@@H](O)[C@@H](C)O)C1Cc2cc3cc(O[C@H]4C[C@@H](O[C@H]5C[C@@H](O)[C@H](O)[C@@H](C)O5)[C@@H](O)[C@@H](C)O4)c(C)c(O)c3c(O)c2C(=O)[C@H]1O[C@H]1C[C@@H](O[C@H]2C[C@@H](O[C@H]3C[C@](C)(O)[C@H](O)[C@@H](C)O3)[C@H](O)[C@@H](C)O2)[C@H](O)[C@@H](C)O1. The first kappa shape index (κ1) is 104. The number of carbonyl (C=O) groups is 4. The molecule has 11 rings (SSSR count). The largest absolute Gasteiger partial charge is 0.507 e. The molecule has 9 aliphatic rings. The Labute approximate surface area is 741 Å². The Kier molecular flexibility index (Phi) is 34.6. The molecular weight excluding hydrogens is 1670 g/mol. The smallest absolute Gasteiger partial charge is 0.311 e. The number of methoxy groups -OCH3 is 2. The number of nitrogens with zero attached hydrogens (tertiary/aromatic N) is 1. The second-order valence-electron chi connectivity index (χ2n) is 38.2. The van der Waals surface area contributed by atoms with Gasteiger partial charge >= 0.3 is 5.97 Å². The van der Waals surface area contributed by atoms with Gasteiger partial charge in [0.1, 0.15) is 95.8 Å². The molecule has 1 unspecified atom stereocenters. The monoisotopic (exact) mass is 1820 g/mol. The van der Waals surface area contributed by atoms with Crippen molar-refractivity contribution in [3.63, 3.8) is 0 Å². The Balaban J connectivity index is 0.000000287. The number of hydrogen-bond donors (Lipinski definition) is 16. The van der Waals surface area contributed by atoms with Crippen LogP contribution in [0.1, 0.15) is 197 Å². The number of esters is 1. The summed E-state index contributed by atoms with van der Waals surface area (Å²) in [6.45, 7) is 28.4. The van der Waals surface area contributed by atoms with Crippen LogP contribution in [0.5, 0.6) is 17.2 Å². The van der Waals surface area contributed by atoms with Crippen LogP contribution in [0.15, 0.2) is 12.1 Å². The number of fused-ring (bicyclic) bond motifs is 2. The molecule has 8 fully saturated rings. The standard InChI is InChI=1S/C52H76O24.C37H67NO13/c1-18-29(72-34-14-30(43(58)21(4)68-34)73-33-13-28(54)42(57)20(3)67-33)12-26-10-25-11-27(49(66-9)48(63)41(56)19(2)53)50(47(62)39(25)46(61)38(26)40(18)55)76-36-16-31(44(59)23(6)70-36)74-35-15-32(45(60)22(5)69-35)75-37-17-52(8,65)51(64)24(7)71-37;1-14-25-37(10,45)30(41)20(4)27(39)18(2)16-35(8,44)32(51-34-28(40)24(38(11)12)15-19(3)47-34)21(5)29(22(6)33(43)49-25)50-26-17-36(9,46-13)31(42)23(7)48-26/h10,12,19-24,27-28,30-37,41-45,49-51,53-61,64-65H,11,13-17H2,1-9H3;18-26,28-32,34,40-42,44-45H,14-17H2,1-13H3/t19-,20-,21-,22-,23-,24-,27?,28-,30-,31-,32-,33+,34+,35+,36+,37+,41+,42-,43+,44-,45-,49+,50+,51-,52+;18-,19-,20+,21+,22-,23+,24+,25-,26+,28-,29+,30-,31+,32-,34+,35-,36-,37-/m11/s1. The highest BCUT2D eigenvalue weighted by molar-refractivity contribution is 6.11. The minimum atomic E-state index is -1.99. The molecule has 38 heteroatoms. The first-order valence-corrected chi connectivity index (χ1v) is 44.5. The molecule has 0 saturated carbocycles. The quantitative estimate of drug-likeness (QED) is 0.0743. The molecule has 2 aromatic rings. The number of ketones is 3. The number of carbonyl (C=O) groups excluding carboxylic acids is 4. The van der Waals surface area contributed by atoms with Crippen molar-refractivity contribution < 1.29 is 181 Å². The summed E-state index contributed by atoms with van der Waals surface area (Å²) in [5.41, 5.74) is -6.31. The Bertz CT molecular complexity index is 3990. The van der Waals surface area contributed by atoms with Crippen LogP contribution >= 0.6 is 0 Å². The second kappa shape index (κ2) is 42.1. The van der Waals surface area contributed by atoms with E-state index >= 15 is 4.79 Å². The molecule has 0 amide bonds. The van der Waals surface area contributed by atoms with Crippen molar-refractivity contribution in [1.82, 2.24) is 4.90 Å². The van der Waals surface area contributed by atoms with E-state index in [1.54, 1.807) is 69.2 Å². The van der Waals surface area contributed by atoms with Gasteiger partial charge in [-0.05, 0) is 160 Å². The Hall–Kier alpha value is -4.62. The lowest BCUT2D eigenvalue weighted by Gasteiger charge is -2.49. The van der Waals surface area contributed by atoms with E-state index in [0.29, 0.717) is 6.42 Å². The minimum Gasteiger partial charge on any atom is -0.507 e. The molecule has 16 N–H and O–H groups in total. The summed E-state index contributed by atoms with van der Waals surface area (Å²) in [6.07, 6.45) is -36.7. The number of ether oxygens (including phenoxy) is 17. The van der Waals surface area contributed by atoms with E-state index in [1.807, 2.05) is 25.9 Å². The molecule has 0 spiro atoms. The van der Waals surface area contributed by atoms with Gasteiger partial charge in [0.05, 0.1) is 125 Å². The highest BCUT2D eigenvalue weighted by Crippen LogP contribution is 2.49. The third-order valence-electron chi connectivity index (χ3n) is 27.7. The van der Waals surface area contributed by atoms with E-state index in [2.05, 4.69) is 0 Å². The number of phenols is 2. The molecule has 0 radical (unpaired) electrons. The summed E-state index contributed by atoms with van der Waals surface area (Å²) >= 11 is 0. The fraction of sp³-hybridized carbons (Fsp3) is 0.843. The molecular formula is C89H143NO37. The van der Waals surface area contributed by atoms with E-state index < -0.39 is 283 Å². The zero-order valence-electron chi connectivity index (χ0n) is 76.9. The average Bonchev–Trinajstić information content (AvgIpc) is 0.729. The lowest BCUT2D eigenvalue weighted by Crippen LogP contribution is -2.61. The van der Waals surface area contributed by atoms with Gasteiger partial charge in [0.25, 0.3) is 0 Å². The molecule has 2 aromatic carbocycles. The molecule has 43 atom stereocenters. The Morgan fingerprint density at radius 3 is 1.61 bits per heavy atom. The van der Waals surface area contributed by atoms with Crippen molar-refractivity contribution in [2.45, 2.75) is 420 Å². The Morgan fingerprint density at radius 1 is 0.575 bits per heavy atom. The van der Waals surface area contributed by atoms with Crippen LogP contribution < -0.4 is 4.74 Å². The predicted octanol–water partition coefficient (Wildman–Crippen LogP) is 1.54. The maximum absolute atomic E-state index is 15.0. The zero-order valence-corrected chi connectivity index (χ0v) is 76.9. The van der Waals surface area contributed by atoms with Gasteiger partial charge in [0, 0.05) is 88.0 Å². The normalized spacial score (nSPS) is 45.4. The third-order valence-corrected chi connectivity index (χ3v) is 27.7. The van der Waals surface area contributed by atoms with Crippen LogP contribution in [0.25, 0.3) is 10.8 Å². The van der Waals surface area contributed by atoms with Crippen molar-refractivity contribution in [1.29, 1.82) is 0 Å². The summed E-state index contributed by atoms with van der Waals surface area (Å²) in [7, 11) is 6.36. The molecule has 127 heavy (non-hydrogen) atoms. The molecule has 8 heterocycles. The van der Waals surface area contributed by atoms with Crippen LogP contribution in [0, 0.1) is 36.5 Å². The van der Waals surface area contributed by atoms with E-state index in [9.17, 15) is 96.1 Å². The van der Waals surface area contributed by atoms with Gasteiger partial charge in [0.2, 0.25) is 6.29 Å². The highest BCUT2D eigenvalue weighted by Gasteiger charge is 2.57. The first-order valence-electron chi connectivity index (χ1n) is 44.5. The van der Waals surface area contributed by atoms with Crippen LogP contribution in [0.4, 0.5) is 0 Å². The zero-order chi connectivity index (χ0) is 94.5. The third kappa shape index (κ3) is 22.8. The number of rotatable bonds is 22. The van der Waals surface area contributed by atoms with Crippen LogP contribution in [-0.2, 0) is 96.6 Å².